The number of hydrogen-bond donors (Lipinski definition) is 1. The van der Waals surface area contributed by atoms with Crippen LogP contribution in [0.3, 0.4) is 0 Å². The topological polar surface area (TPSA) is 41.6 Å². The van der Waals surface area contributed by atoms with Crippen molar-refractivity contribution in [2.45, 2.75) is 51.5 Å². The normalized spacial score (nSPS) is 19.0. The number of likely N-dealkylation sites (tertiary alicyclic amines) is 1. The lowest BCUT2D eigenvalue weighted by Gasteiger charge is -2.33. The molecule has 1 fully saturated rings. The maximum atomic E-state index is 12.0. The molecule has 1 aromatic rings. The molecule has 1 aromatic carbocycles. The van der Waals surface area contributed by atoms with E-state index in [9.17, 15) is 18.0 Å². The molecule has 1 heterocycles. The van der Waals surface area contributed by atoms with Gasteiger partial charge in [0.05, 0.1) is 0 Å². The molecule has 1 aliphatic heterocycles. The molecule has 140 valence electrons. The highest BCUT2D eigenvalue weighted by molar-refractivity contribution is 5.77. The molecule has 25 heavy (non-hydrogen) atoms. The van der Waals surface area contributed by atoms with Crippen LogP contribution in [-0.4, -0.2) is 42.8 Å². The zero-order valence-electron chi connectivity index (χ0n) is 14.4. The lowest BCUT2D eigenvalue weighted by atomic mass is 10.0. The largest absolute Gasteiger partial charge is 0.411 e. The van der Waals surface area contributed by atoms with E-state index < -0.39 is 25.3 Å². The lowest BCUT2D eigenvalue weighted by molar-refractivity contribution is -0.175. The molecule has 0 aliphatic carbocycles. The van der Waals surface area contributed by atoms with Crippen LogP contribution >= 0.6 is 0 Å². The Bertz CT molecular complexity index is 563. The molecule has 1 aliphatic rings. The number of piperidine rings is 1. The van der Waals surface area contributed by atoms with Gasteiger partial charge in [-0.15, -0.1) is 0 Å². The van der Waals surface area contributed by atoms with Crippen LogP contribution in [0.5, 0.6) is 0 Å². The molecule has 1 atom stereocenters. The quantitative estimate of drug-likeness (QED) is 0.814. The summed E-state index contributed by atoms with van der Waals surface area (Å²) in [5, 5.41) is 2.62. The number of benzene rings is 1. The van der Waals surface area contributed by atoms with E-state index in [4.69, 9.17) is 0 Å². The van der Waals surface area contributed by atoms with Crippen LogP contribution in [-0.2, 0) is 22.6 Å². The van der Waals surface area contributed by atoms with Crippen molar-refractivity contribution < 1.29 is 22.7 Å². The molecule has 0 bridgehead atoms. The van der Waals surface area contributed by atoms with Crippen molar-refractivity contribution in [2.24, 2.45) is 0 Å². The third-order valence-electron chi connectivity index (χ3n) is 4.41. The zero-order chi connectivity index (χ0) is 18.3. The monoisotopic (exact) mass is 358 g/mol. The summed E-state index contributed by atoms with van der Waals surface area (Å²) >= 11 is 0. The summed E-state index contributed by atoms with van der Waals surface area (Å²) in [5.41, 5.74) is 2.11. The van der Waals surface area contributed by atoms with Crippen molar-refractivity contribution in [3.8, 4) is 0 Å². The summed E-state index contributed by atoms with van der Waals surface area (Å²) in [4.78, 5) is 14.1. The molecule has 2 rings (SSSR count). The number of carbonyl (C=O) groups is 1. The Balaban J connectivity index is 1.84. The van der Waals surface area contributed by atoms with Gasteiger partial charge in [-0.05, 0) is 37.4 Å². The van der Waals surface area contributed by atoms with E-state index in [1.54, 1.807) is 0 Å². The van der Waals surface area contributed by atoms with E-state index in [0.29, 0.717) is 6.04 Å². The van der Waals surface area contributed by atoms with E-state index >= 15 is 0 Å². The molecule has 7 heteroatoms. The Hall–Kier alpha value is -1.60. The van der Waals surface area contributed by atoms with Crippen molar-refractivity contribution in [1.29, 1.82) is 0 Å². The molecule has 1 saturated heterocycles. The molecule has 0 aromatic heterocycles. The molecule has 4 nitrogen and oxygen atoms in total. The molecular formula is C18H25F3N2O2. The summed E-state index contributed by atoms with van der Waals surface area (Å²) in [6.07, 6.45) is -0.777. The van der Waals surface area contributed by atoms with E-state index in [1.807, 2.05) is 24.3 Å². The minimum Gasteiger partial charge on any atom is -0.362 e. The minimum atomic E-state index is -4.42. The SMILES string of the molecule is CC1CCCCN1Cc1ccccc1CNC(=O)COCC(F)(F)F. The number of nitrogens with zero attached hydrogens (tertiary/aromatic N) is 1. The standard InChI is InChI=1S/C18H25F3N2O2/c1-14-6-4-5-9-23(14)11-16-8-3-2-7-15(16)10-22-17(24)12-25-13-18(19,20)21/h2-3,7-8,14H,4-6,9-13H2,1H3,(H,22,24). The van der Waals surface area contributed by atoms with Crippen molar-refractivity contribution in [3.63, 3.8) is 0 Å². The highest BCUT2D eigenvalue weighted by atomic mass is 19.4. The number of amides is 1. The second kappa shape index (κ2) is 9.20. The second-order valence-corrected chi connectivity index (χ2v) is 6.47. The average Bonchev–Trinajstić information content (AvgIpc) is 2.55. The van der Waals surface area contributed by atoms with Crippen molar-refractivity contribution in [1.82, 2.24) is 10.2 Å². The first-order valence-corrected chi connectivity index (χ1v) is 8.57. The highest BCUT2D eigenvalue weighted by Gasteiger charge is 2.27. The number of ether oxygens (including phenoxy) is 1. The summed E-state index contributed by atoms with van der Waals surface area (Å²) in [6.45, 7) is 2.38. The van der Waals surface area contributed by atoms with Gasteiger partial charge in [0.15, 0.2) is 0 Å². The Kier molecular flexibility index (Phi) is 7.25. The first-order valence-electron chi connectivity index (χ1n) is 8.57. The first kappa shape index (κ1) is 19.7. The van der Waals surface area contributed by atoms with Crippen LogP contribution < -0.4 is 5.32 Å². The molecule has 1 unspecified atom stereocenters. The van der Waals surface area contributed by atoms with Gasteiger partial charge in [-0.3, -0.25) is 9.69 Å². The summed E-state index contributed by atoms with van der Waals surface area (Å²) < 4.78 is 40.4. The summed E-state index contributed by atoms with van der Waals surface area (Å²) in [6, 6.07) is 8.35. The zero-order valence-corrected chi connectivity index (χ0v) is 14.4. The van der Waals surface area contributed by atoms with E-state index in [1.165, 1.54) is 19.3 Å². The fourth-order valence-electron chi connectivity index (χ4n) is 3.00. The predicted molar refractivity (Wildman–Crippen MR) is 88.9 cm³/mol. The molecule has 0 saturated carbocycles. The highest BCUT2D eigenvalue weighted by Crippen LogP contribution is 2.20. The van der Waals surface area contributed by atoms with Crippen molar-refractivity contribution in [3.05, 3.63) is 35.4 Å². The van der Waals surface area contributed by atoms with Crippen LogP contribution in [0.4, 0.5) is 13.2 Å². The molecular weight excluding hydrogens is 333 g/mol. The lowest BCUT2D eigenvalue weighted by Crippen LogP contribution is -2.37. The molecule has 1 N–H and O–H groups in total. The van der Waals surface area contributed by atoms with Gasteiger partial charge < -0.3 is 10.1 Å². The molecule has 1 amide bonds. The summed E-state index contributed by atoms with van der Waals surface area (Å²) in [7, 11) is 0. The Morgan fingerprint density at radius 1 is 1.28 bits per heavy atom. The number of rotatable bonds is 7. The number of nitrogens with one attached hydrogen (secondary N) is 1. The van der Waals surface area contributed by atoms with Gasteiger partial charge in [0.2, 0.25) is 5.91 Å². The van der Waals surface area contributed by atoms with Crippen LogP contribution in [0, 0.1) is 0 Å². The van der Waals surface area contributed by atoms with E-state index in [2.05, 4.69) is 21.9 Å². The number of alkyl halides is 3. The van der Waals surface area contributed by atoms with Gasteiger partial charge in [-0.1, -0.05) is 30.7 Å². The predicted octanol–water partition coefficient (Wildman–Crippen LogP) is 3.26. The van der Waals surface area contributed by atoms with Gasteiger partial charge in [-0.25, -0.2) is 0 Å². The van der Waals surface area contributed by atoms with Crippen molar-refractivity contribution >= 4 is 5.91 Å². The van der Waals surface area contributed by atoms with Crippen LogP contribution in [0.15, 0.2) is 24.3 Å². The Morgan fingerprint density at radius 2 is 2.00 bits per heavy atom. The first-order chi connectivity index (χ1) is 11.8. The third-order valence-corrected chi connectivity index (χ3v) is 4.41. The van der Waals surface area contributed by atoms with Crippen LogP contribution in [0.1, 0.15) is 37.3 Å². The number of hydrogen-bond acceptors (Lipinski definition) is 3. The van der Waals surface area contributed by atoms with Gasteiger partial charge in [-0.2, -0.15) is 13.2 Å². The Labute approximate surface area is 146 Å². The van der Waals surface area contributed by atoms with Crippen LogP contribution in [0.25, 0.3) is 0 Å². The second-order valence-electron chi connectivity index (χ2n) is 6.47. The van der Waals surface area contributed by atoms with Crippen molar-refractivity contribution in [2.75, 3.05) is 19.8 Å². The maximum absolute atomic E-state index is 12.0. The van der Waals surface area contributed by atoms with E-state index in [-0.39, 0.29) is 6.54 Å². The maximum Gasteiger partial charge on any atom is 0.411 e. The van der Waals surface area contributed by atoms with Crippen LogP contribution in [0.2, 0.25) is 0 Å². The Morgan fingerprint density at radius 3 is 2.68 bits per heavy atom. The van der Waals surface area contributed by atoms with Gasteiger partial charge in [0.25, 0.3) is 0 Å². The number of halogens is 3. The molecule has 0 radical (unpaired) electrons. The average molecular weight is 358 g/mol. The smallest absolute Gasteiger partial charge is 0.362 e. The number of carbonyl (C=O) groups excluding carboxylic acids is 1. The summed E-state index contributed by atoms with van der Waals surface area (Å²) in [5.74, 6) is -0.551. The van der Waals surface area contributed by atoms with E-state index in [0.717, 1.165) is 24.2 Å². The van der Waals surface area contributed by atoms with Gasteiger partial charge >= 0.3 is 6.18 Å². The molecule has 0 spiro atoms. The fraction of sp³-hybridized carbons (Fsp3) is 0.611. The third kappa shape index (κ3) is 7.04. The van der Waals surface area contributed by atoms with Gasteiger partial charge in [0.1, 0.15) is 13.2 Å². The fourth-order valence-corrected chi connectivity index (χ4v) is 3.00. The van der Waals surface area contributed by atoms with Gasteiger partial charge in [0, 0.05) is 19.1 Å². The minimum absolute atomic E-state index is 0.284.